The molecule has 2 aromatic heterocycles. The lowest BCUT2D eigenvalue weighted by molar-refractivity contribution is 0.145. The van der Waals surface area contributed by atoms with Crippen LogP contribution in [0.25, 0.3) is 10.9 Å². The van der Waals surface area contributed by atoms with E-state index in [-0.39, 0.29) is 17.9 Å². The molecule has 1 aliphatic heterocycles. The minimum absolute atomic E-state index is 0.0814. The molecule has 0 spiro atoms. The van der Waals surface area contributed by atoms with E-state index in [0.29, 0.717) is 11.6 Å². The van der Waals surface area contributed by atoms with E-state index in [1.165, 1.54) is 6.33 Å². The highest BCUT2D eigenvalue weighted by molar-refractivity contribution is 5.91. The predicted molar refractivity (Wildman–Crippen MR) is 106 cm³/mol. The summed E-state index contributed by atoms with van der Waals surface area (Å²) in [5.74, 6) is 1.41. The molecule has 0 amide bonds. The number of nitrogens with two attached hydrogens (primary N) is 1. The predicted octanol–water partition coefficient (Wildman–Crippen LogP) is 2.69. The van der Waals surface area contributed by atoms with Gasteiger partial charge in [-0.05, 0) is 31.9 Å². The number of hydrogen-bond acceptors (Lipinski definition) is 7. The first-order chi connectivity index (χ1) is 13.0. The molecule has 2 aromatic rings. The van der Waals surface area contributed by atoms with Crippen molar-refractivity contribution >= 4 is 22.5 Å². The van der Waals surface area contributed by atoms with Gasteiger partial charge in [-0.1, -0.05) is 18.6 Å². The first kappa shape index (κ1) is 17.7. The third-order valence-electron chi connectivity index (χ3n) is 5.72. The summed E-state index contributed by atoms with van der Waals surface area (Å²) in [7, 11) is 0. The van der Waals surface area contributed by atoms with E-state index in [0.717, 1.165) is 53.9 Å². The highest BCUT2D eigenvalue weighted by atomic mass is 16.3. The summed E-state index contributed by atoms with van der Waals surface area (Å²) < 4.78 is 0. The van der Waals surface area contributed by atoms with Gasteiger partial charge in [0.1, 0.15) is 18.0 Å². The largest absolute Gasteiger partial charge is 0.512 e. The van der Waals surface area contributed by atoms with Crippen LogP contribution < -0.4 is 10.6 Å². The van der Waals surface area contributed by atoms with Crippen molar-refractivity contribution in [2.75, 3.05) is 23.7 Å². The van der Waals surface area contributed by atoms with Crippen molar-refractivity contribution in [3.05, 3.63) is 41.6 Å². The molecule has 4 N–H and O–H groups in total. The Bertz CT molecular complexity index is 931. The van der Waals surface area contributed by atoms with Crippen LogP contribution in [0.1, 0.15) is 38.3 Å². The SMILES string of the molecule is CC1=CC=C(O)[C@@H](C)C1c1nc(N2CCC(O)CC2)cc2c(N)ncnc12. The second-order valence-electron chi connectivity index (χ2n) is 7.51. The van der Waals surface area contributed by atoms with Crippen LogP contribution in [0.15, 0.2) is 35.9 Å². The van der Waals surface area contributed by atoms with E-state index in [1.807, 2.05) is 26.0 Å². The van der Waals surface area contributed by atoms with Crippen LogP contribution in [0.4, 0.5) is 11.6 Å². The molecular weight excluding hydrogens is 342 g/mol. The second kappa shape index (κ2) is 6.81. The van der Waals surface area contributed by atoms with Crippen molar-refractivity contribution in [3.8, 4) is 0 Å². The number of fused-ring (bicyclic) bond motifs is 1. The average molecular weight is 367 g/mol. The van der Waals surface area contributed by atoms with Crippen LogP contribution in [0.3, 0.4) is 0 Å². The summed E-state index contributed by atoms with van der Waals surface area (Å²) in [6.45, 7) is 5.53. The number of rotatable bonds is 2. The average Bonchev–Trinajstić information content (AvgIpc) is 2.66. The Morgan fingerprint density at radius 3 is 2.67 bits per heavy atom. The second-order valence-corrected chi connectivity index (χ2v) is 7.51. The first-order valence-electron chi connectivity index (χ1n) is 9.37. The Labute approximate surface area is 158 Å². The number of anilines is 2. The number of allylic oxidation sites excluding steroid dienone is 4. The molecule has 0 bridgehead atoms. The number of nitrogens with zero attached hydrogens (tertiary/aromatic N) is 4. The molecule has 7 heteroatoms. The monoisotopic (exact) mass is 367 g/mol. The summed E-state index contributed by atoms with van der Waals surface area (Å²) in [4.78, 5) is 15.8. The maximum absolute atomic E-state index is 10.3. The van der Waals surface area contributed by atoms with Gasteiger partial charge in [-0.2, -0.15) is 0 Å². The molecular formula is C20H25N5O2. The number of pyridine rings is 1. The number of piperidine rings is 1. The van der Waals surface area contributed by atoms with Gasteiger partial charge in [-0.25, -0.2) is 15.0 Å². The van der Waals surface area contributed by atoms with Gasteiger partial charge in [-0.3, -0.25) is 0 Å². The van der Waals surface area contributed by atoms with E-state index in [2.05, 4.69) is 14.9 Å². The molecule has 0 saturated carbocycles. The lowest BCUT2D eigenvalue weighted by Crippen LogP contribution is -2.36. The molecule has 27 heavy (non-hydrogen) atoms. The molecule has 0 radical (unpaired) electrons. The first-order valence-corrected chi connectivity index (χ1v) is 9.37. The van der Waals surface area contributed by atoms with Crippen LogP contribution in [-0.4, -0.2) is 44.4 Å². The van der Waals surface area contributed by atoms with E-state index in [1.54, 1.807) is 6.08 Å². The maximum Gasteiger partial charge on any atom is 0.134 e. The number of hydrogen-bond donors (Lipinski definition) is 3. The molecule has 3 heterocycles. The molecule has 142 valence electrons. The van der Waals surface area contributed by atoms with Crippen molar-refractivity contribution < 1.29 is 10.2 Å². The lowest BCUT2D eigenvalue weighted by atomic mass is 9.79. The normalized spacial score (nSPS) is 24.0. The lowest BCUT2D eigenvalue weighted by Gasteiger charge is -2.32. The van der Waals surface area contributed by atoms with E-state index in [9.17, 15) is 10.2 Å². The molecule has 4 rings (SSSR count). The van der Waals surface area contributed by atoms with E-state index < -0.39 is 0 Å². The number of aromatic nitrogens is 3. The summed E-state index contributed by atoms with van der Waals surface area (Å²) in [5.41, 5.74) is 8.82. The standard InChI is InChI=1S/C20H25N5O2/c1-11-3-4-15(27)12(2)17(11)19-18-14(20(21)23-10-22-18)9-16(24-19)25-7-5-13(26)6-8-25/h3-4,9-10,12-13,17,26-27H,5-8H2,1-2H3,(H2,21,22,23)/t12-,17?/m1/s1. The molecule has 1 saturated heterocycles. The van der Waals surface area contributed by atoms with Crippen molar-refractivity contribution in [1.29, 1.82) is 0 Å². The van der Waals surface area contributed by atoms with Crippen LogP contribution in [0.5, 0.6) is 0 Å². The number of nitrogen functional groups attached to an aromatic ring is 1. The molecule has 2 aliphatic rings. The Balaban J connectivity index is 1.87. The zero-order valence-corrected chi connectivity index (χ0v) is 15.6. The van der Waals surface area contributed by atoms with Crippen molar-refractivity contribution in [2.24, 2.45) is 5.92 Å². The van der Waals surface area contributed by atoms with Crippen molar-refractivity contribution in [2.45, 2.75) is 38.7 Å². The van der Waals surface area contributed by atoms with Gasteiger partial charge in [0.05, 0.1) is 23.1 Å². The highest BCUT2D eigenvalue weighted by Gasteiger charge is 2.31. The van der Waals surface area contributed by atoms with Gasteiger partial charge in [0.25, 0.3) is 0 Å². The van der Waals surface area contributed by atoms with Crippen molar-refractivity contribution in [3.63, 3.8) is 0 Å². The van der Waals surface area contributed by atoms with Gasteiger partial charge in [0.15, 0.2) is 0 Å². The summed E-state index contributed by atoms with van der Waals surface area (Å²) in [5, 5.41) is 20.9. The third kappa shape index (κ3) is 3.12. The van der Waals surface area contributed by atoms with Gasteiger partial charge >= 0.3 is 0 Å². The number of aliphatic hydroxyl groups excluding tert-OH is 2. The fourth-order valence-electron chi connectivity index (χ4n) is 4.06. The Hall–Kier alpha value is -2.67. The third-order valence-corrected chi connectivity index (χ3v) is 5.72. The summed E-state index contributed by atoms with van der Waals surface area (Å²) >= 11 is 0. The molecule has 1 fully saturated rings. The summed E-state index contributed by atoms with van der Waals surface area (Å²) in [6.07, 6.45) is 6.33. The van der Waals surface area contributed by atoms with Crippen LogP contribution in [0, 0.1) is 5.92 Å². The molecule has 1 unspecified atom stereocenters. The highest BCUT2D eigenvalue weighted by Crippen LogP contribution is 2.41. The van der Waals surface area contributed by atoms with Gasteiger partial charge in [0, 0.05) is 30.3 Å². The summed E-state index contributed by atoms with van der Waals surface area (Å²) in [6, 6.07) is 1.94. The Morgan fingerprint density at radius 2 is 1.93 bits per heavy atom. The minimum atomic E-state index is -0.250. The Kier molecular flexibility index (Phi) is 4.47. The maximum atomic E-state index is 10.3. The van der Waals surface area contributed by atoms with Crippen LogP contribution in [-0.2, 0) is 0 Å². The topological polar surface area (TPSA) is 108 Å². The van der Waals surface area contributed by atoms with Gasteiger partial charge in [0.2, 0.25) is 0 Å². The smallest absolute Gasteiger partial charge is 0.134 e. The number of aliphatic hydroxyl groups is 2. The fraction of sp³-hybridized carbons (Fsp3) is 0.450. The van der Waals surface area contributed by atoms with Crippen molar-refractivity contribution in [1.82, 2.24) is 15.0 Å². The fourth-order valence-corrected chi connectivity index (χ4v) is 4.06. The molecule has 0 aromatic carbocycles. The molecule has 1 aliphatic carbocycles. The molecule has 7 nitrogen and oxygen atoms in total. The van der Waals surface area contributed by atoms with Crippen LogP contribution >= 0.6 is 0 Å². The van der Waals surface area contributed by atoms with E-state index in [4.69, 9.17) is 10.7 Å². The van der Waals surface area contributed by atoms with Crippen LogP contribution in [0.2, 0.25) is 0 Å². The van der Waals surface area contributed by atoms with E-state index >= 15 is 0 Å². The zero-order chi connectivity index (χ0) is 19.1. The quantitative estimate of drug-likeness (QED) is 0.749. The zero-order valence-electron chi connectivity index (χ0n) is 15.6. The minimum Gasteiger partial charge on any atom is -0.512 e. The Morgan fingerprint density at radius 1 is 1.19 bits per heavy atom. The van der Waals surface area contributed by atoms with Gasteiger partial charge in [-0.15, -0.1) is 0 Å². The van der Waals surface area contributed by atoms with Gasteiger partial charge < -0.3 is 20.8 Å². The molecule has 2 atom stereocenters.